The molecule has 0 aromatic heterocycles. The number of nitrogens with one attached hydrogen (secondary N) is 1. The summed E-state index contributed by atoms with van der Waals surface area (Å²) in [5.74, 6) is -3.18. The molecular weight excluding hydrogens is 406 g/mol. The number of carbonyl (C=O) groups excluding carboxylic acids is 3. The van der Waals surface area contributed by atoms with E-state index >= 15 is 0 Å². The smallest absolute Gasteiger partial charge is 0.337 e. The van der Waals surface area contributed by atoms with Crippen LogP contribution in [0.5, 0.6) is 0 Å². The van der Waals surface area contributed by atoms with Gasteiger partial charge in [0, 0.05) is 27.9 Å². The van der Waals surface area contributed by atoms with Gasteiger partial charge in [-0.3, -0.25) is 9.59 Å². The summed E-state index contributed by atoms with van der Waals surface area (Å²) in [5.41, 5.74) is 2.86. The van der Waals surface area contributed by atoms with Crippen molar-refractivity contribution in [1.29, 1.82) is 0 Å². The molecule has 1 aromatic rings. The Balaban J connectivity index is 2.17. The summed E-state index contributed by atoms with van der Waals surface area (Å²) in [6, 6.07) is 7.01. The fourth-order valence-corrected chi connectivity index (χ4v) is 4.34. The molecule has 0 amide bonds. The minimum Gasteiger partial charge on any atom is -0.468 e. The molecule has 1 aliphatic heterocycles. The van der Waals surface area contributed by atoms with Crippen LogP contribution in [-0.2, 0) is 23.9 Å². The predicted octanol–water partition coefficient (Wildman–Crippen LogP) is 3.90. The molecule has 0 unspecified atom stereocenters. The van der Waals surface area contributed by atoms with E-state index in [-0.39, 0.29) is 17.8 Å². The Morgan fingerprint density at radius 1 is 1.20 bits per heavy atom. The first-order valence-corrected chi connectivity index (χ1v) is 10.3. The number of halogens is 1. The van der Waals surface area contributed by atoms with Gasteiger partial charge in [0.05, 0.1) is 18.8 Å². The molecule has 0 fully saturated rings. The van der Waals surface area contributed by atoms with Crippen LogP contribution >= 0.6 is 11.6 Å². The van der Waals surface area contributed by atoms with E-state index in [0.717, 1.165) is 11.3 Å². The van der Waals surface area contributed by atoms with Gasteiger partial charge in [0.2, 0.25) is 0 Å². The van der Waals surface area contributed by atoms with Gasteiger partial charge in [-0.25, -0.2) is 4.79 Å². The average Bonchev–Trinajstić information content (AvgIpc) is 2.66. The summed E-state index contributed by atoms with van der Waals surface area (Å²) < 4.78 is 10.4. The summed E-state index contributed by atoms with van der Waals surface area (Å²) in [6.45, 7) is 7.19. The number of benzene rings is 1. The number of esters is 2. The Morgan fingerprint density at radius 3 is 2.40 bits per heavy atom. The molecule has 6 nitrogen and oxygen atoms in total. The van der Waals surface area contributed by atoms with E-state index in [0.29, 0.717) is 28.3 Å². The van der Waals surface area contributed by atoms with Crippen LogP contribution in [0.4, 0.5) is 0 Å². The highest BCUT2D eigenvalue weighted by Gasteiger charge is 2.47. The van der Waals surface area contributed by atoms with Gasteiger partial charge in [-0.2, -0.15) is 0 Å². The second-order valence-electron chi connectivity index (χ2n) is 8.04. The largest absolute Gasteiger partial charge is 0.468 e. The number of ketones is 1. The molecule has 160 valence electrons. The molecule has 0 spiro atoms. The number of methoxy groups -OCH3 is 1. The minimum atomic E-state index is -0.911. The number of rotatable bonds is 4. The van der Waals surface area contributed by atoms with Crippen molar-refractivity contribution in [1.82, 2.24) is 5.32 Å². The SMILES string of the molecule is COC(=O)[C@H]1C(=O)C2=C(C[C@@H]1C)NC(C)=C(C(=O)OC(C)C)[C@H]2c1ccc(Cl)cc1. The zero-order valence-electron chi connectivity index (χ0n) is 17.7. The van der Waals surface area contributed by atoms with Crippen molar-refractivity contribution in [3.8, 4) is 0 Å². The fourth-order valence-electron chi connectivity index (χ4n) is 4.22. The van der Waals surface area contributed by atoms with Gasteiger partial charge in [-0.1, -0.05) is 30.7 Å². The van der Waals surface area contributed by atoms with Crippen LogP contribution in [0.3, 0.4) is 0 Å². The molecule has 0 saturated heterocycles. The monoisotopic (exact) mass is 431 g/mol. The predicted molar refractivity (Wildman–Crippen MR) is 113 cm³/mol. The van der Waals surface area contributed by atoms with Crippen molar-refractivity contribution in [3.05, 3.63) is 57.4 Å². The van der Waals surface area contributed by atoms with E-state index in [2.05, 4.69) is 5.32 Å². The molecule has 3 rings (SSSR count). The zero-order valence-corrected chi connectivity index (χ0v) is 18.5. The minimum absolute atomic E-state index is 0.223. The van der Waals surface area contributed by atoms with E-state index in [1.165, 1.54) is 7.11 Å². The third-order valence-corrected chi connectivity index (χ3v) is 5.76. The van der Waals surface area contributed by atoms with Crippen molar-refractivity contribution in [2.45, 2.75) is 46.1 Å². The average molecular weight is 432 g/mol. The van der Waals surface area contributed by atoms with Crippen molar-refractivity contribution in [2.24, 2.45) is 11.8 Å². The lowest BCUT2D eigenvalue weighted by Crippen LogP contribution is -2.43. The van der Waals surface area contributed by atoms with Crippen LogP contribution in [0, 0.1) is 11.8 Å². The molecule has 1 N–H and O–H groups in total. The zero-order chi connectivity index (χ0) is 22.2. The van der Waals surface area contributed by atoms with Gasteiger partial charge in [0.15, 0.2) is 5.78 Å². The molecule has 0 bridgehead atoms. The quantitative estimate of drug-likeness (QED) is 0.575. The van der Waals surface area contributed by atoms with Gasteiger partial charge in [0.25, 0.3) is 0 Å². The first-order chi connectivity index (χ1) is 14.1. The van der Waals surface area contributed by atoms with Crippen LogP contribution in [0.25, 0.3) is 0 Å². The molecule has 3 atom stereocenters. The van der Waals surface area contributed by atoms with Crippen molar-refractivity contribution < 1.29 is 23.9 Å². The molecule has 7 heteroatoms. The maximum absolute atomic E-state index is 13.5. The highest BCUT2D eigenvalue weighted by atomic mass is 35.5. The lowest BCUT2D eigenvalue weighted by molar-refractivity contribution is -0.151. The number of ether oxygens (including phenoxy) is 2. The van der Waals surface area contributed by atoms with Gasteiger partial charge in [-0.15, -0.1) is 0 Å². The summed E-state index contributed by atoms with van der Waals surface area (Å²) >= 11 is 6.06. The van der Waals surface area contributed by atoms with Crippen molar-refractivity contribution in [2.75, 3.05) is 7.11 Å². The van der Waals surface area contributed by atoms with Crippen LogP contribution in [0.1, 0.15) is 45.6 Å². The second kappa shape index (κ2) is 8.64. The molecule has 2 aliphatic rings. The number of hydrogen-bond donors (Lipinski definition) is 1. The molecule has 30 heavy (non-hydrogen) atoms. The highest BCUT2D eigenvalue weighted by molar-refractivity contribution is 6.30. The van der Waals surface area contributed by atoms with Crippen LogP contribution in [0.15, 0.2) is 46.8 Å². The lowest BCUT2D eigenvalue weighted by atomic mass is 9.69. The van der Waals surface area contributed by atoms with Gasteiger partial charge in [0.1, 0.15) is 5.92 Å². The molecule has 1 aliphatic carbocycles. The second-order valence-corrected chi connectivity index (χ2v) is 8.48. The summed E-state index contributed by atoms with van der Waals surface area (Å²) in [6.07, 6.45) is 0.179. The fraction of sp³-hybridized carbons (Fsp3) is 0.435. The van der Waals surface area contributed by atoms with Crippen LogP contribution in [0.2, 0.25) is 5.02 Å². The van der Waals surface area contributed by atoms with E-state index in [1.54, 1.807) is 45.0 Å². The van der Waals surface area contributed by atoms with Gasteiger partial charge < -0.3 is 14.8 Å². The first kappa shape index (κ1) is 22.1. The molecular formula is C23H26ClNO5. The van der Waals surface area contributed by atoms with E-state index in [9.17, 15) is 14.4 Å². The maximum atomic E-state index is 13.5. The van der Waals surface area contributed by atoms with Crippen molar-refractivity contribution >= 4 is 29.3 Å². The standard InChI is InChI=1S/C23H26ClNO5/c1-11(2)30-23(28)18-13(4)25-16-10-12(3)17(22(27)29-5)21(26)20(16)19(18)14-6-8-15(24)9-7-14/h6-9,11-12,17,19,25H,10H2,1-5H3/t12-,17+,19+/m0/s1. The molecule has 0 saturated carbocycles. The highest BCUT2D eigenvalue weighted by Crippen LogP contribution is 2.45. The van der Waals surface area contributed by atoms with E-state index < -0.39 is 23.8 Å². The number of dihydropyridines is 1. The van der Waals surface area contributed by atoms with Gasteiger partial charge >= 0.3 is 11.9 Å². The molecule has 1 aromatic carbocycles. The topological polar surface area (TPSA) is 81.7 Å². The van der Waals surface area contributed by atoms with E-state index in [4.69, 9.17) is 21.1 Å². The molecule has 0 radical (unpaired) electrons. The third-order valence-electron chi connectivity index (χ3n) is 5.51. The Kier molecular flexibility index (Phi) is 6.36. The lowest BCUT2D eigenvalue weighted by Gasteiger charge is -2.38. The number of allylic oxidation sites excluding steroid dienone is 3. The Hall–Kier alpha value is -2.60. The Morgan fingerprint density at radius 2 is 1.83 bits per heavy atom. The number of Topliss-reactive ketones (excluding diaryl/α,β-unsaturated/α-hetero) is 1. The van der Waals surface area contributed by atoms with E-state index in [1.807, 2.05) is 6.92 Å². The normalized spacial score (nSPS) is 23.8. The third kappa shape index (κ3) is 4.01. The summed E-state index contributed by atoms with van der Waals surface area (Å²) in [7, 11) is 1.28. The maximum Gasteiger partial charge on any atom is 0.337 e. The Bertz CT molecular complexity index is 945. The summed E-state index contributed by atoms with van der Waals surface area (Å²) in [5, 5.41) is 3.78. The first-order valence-electron chi connectivity index (χ1n) is 9.95. The molecule has 1 heterocycles. The number of carbonyl (C=O) groups is 3. The van der Waals surface area contributed by atoms with Crippen LogP contribution in [-0.4, -0.2) is 30.9 Å². The number of hydrogen-bond acceptors (Lipinski definition) is 6. The van der Waals surface area contributed by atoms with Crippen LogP contribution < -0.4 is 5.32 Å². The Labute approximate surface area is 181 Å². The van der Waals surface area contributed by atoms with Crippen molar-refractivity contribution in [3.63, 3.8) is 0 Å². The summed E-state index contributed by atoms with van der Waals surface area (Å²) in [4.78, 5) is 38.9. The van der Waals surface area contributed by atoms with Gasteiger partial charge in [-0.05, 0) is 50.8 Å².